The lowest BCUT2D eigenvalue weighted by Crippen LogP contribution is -2.20. The third-order valence-corrected chi connectivity index (χ3v) is 2.34. The van der Waals surface area contributed by atoms with Gasteiger partial charge in [-0.05, 0) is 24.1 Å². The Balaban J connectivity index is 2.90. The first-order valence-electron chi connectivity index (χ1n) is 4.76. The first kappa shape index (κ1) is 12.1. The topological polar surface area (TPSA) is 29.5 Å². The van der Waals surface area contributed by atoms with E-state index in [0.717, 1.165) is 12.1 Å². The van der Waals surface area contributed by atoms with Crippen LogP contribution in [-0.2, 0) is 4.74 Å². The lowest BCUT2D eigenvalue weighted by atomic mass is 10.0. The minimum Gasteiger partial charge on any atom is -0.386 e. The molecule has 0 bridgehead atoms. The molecule has 0 amide bonds. The first-order chi connectivity index (χ1) is 7.10. The first-order valence-corrected chi connectivity index (χ1v) is 4.76. The fourth-order valence-electron chi connectivity index (χ4n) is 1.43. The van der Waals surface area contributed by atoms with E-state index in [1.807, 2.05) is 6.92 Å². The van der Waals surface area contributed by atoms with Gasteiger partial charge in [-0.15, -0.1) is 0 Å². The van der Waals surface area contributed by atoms with Crippen molar-refractivity contribution in [3.05, 3.63) is 35.4 Å². The third kappa shape index (κ3) is 2.73. The molecular formula is C11H14F2O2. The largest absolute Gasteiger partial charge is 0.386 e. The molecule has 1 rings (SSSR count). The third-order valence-electron chi connectivity index (χ3n) is 2.34. The number of methoxy groups -OCH3 is 1. The number of benzene rings is 1. The van der Waals surface area contributed by atoms with Crippen LogP contribution in [0.1, 0.15) is 25.0 Å². The average molecular weight is 216 g/mol. The van der Waals surface area contributed by atoms with E-state index in [4.69, 9.17) is 4.74 Å². The lowest BCUT2D eigenvalue weighted by Gasteiger charge is -2.20. The number of ether oxygens (including phenoxy) is 1. The van der Waals surface area contributed by atoms with Crippen LogP contribution in [0.15, 0.2) is 18.2 Å². The number of hydrogen-bond acceptors (Lipinski definition) is 2. The molecule has 0 aliphatic rings. The van der Waals surface area contributed by atoms with Crippen LogP contribution in [0.25, 0.3) is 0 Å². The monoisotopic (exact) mass is 216 g/mol. The number of aliphatic hydroxyl groups excluding tert-OH is 1. The zero-order valence-electron chi connectivity index (χ0n) is 8.71. The maximum atomic E-state index is 12.9. The highest BCUT2D eigenvalue weighted by Crippen LogP contribution is 2.22. The van der Waals surface area contributed by atoms with Gasteiger partial charge in [0, 0.05) is 7.11 Å². The van der Waals surface area contributed by atoms with Gasteiger partial charge in [-0.2, -0.15) is 0 Å². The summed E-state index contributed by atoms with van der Waals surface area (Å²) < 4.78 is 30.5. The van der Waals surface area contributed by atoms with Crippen LogP contribution in [0.4, 0.5) is 8.78 Å². The van der Waals surface area contributed by atoms with Gasteiger partial charge in [0.1, 0.15) is 6.10 Å². The predicted octanol–water partition coefficient (Wildman–Crippen LogP) is 2.42. The van der Waals surface area contributed by atoms with Gasteiger partial charge in [-0.1, -0.05) is 13.0 Å². The molecule has 2 unspecified atom stereocenters. The Morgan fingerprint density at radius 1 is 1.33 bits per heavy atom. The number of aliphatic hydroxyl groups is 1. The van der Waals surface area contributed by atoms with Gasteiger partial charge in [0.05, 0.1) is 6.10 Å². The van der Waals surface area contributed by atoms with E-state index in [9.17, 15) is 13.9 Å². The van der Waals surface area contributed by atoms with Gasteiger partial charge in [0.2, 0.25) is 0 Å². The van der Waals surface area contributed by atoms with E-state index in [0.29, 0.717) is 12.0 Å². The fourth-order valence-corrected chi connectivity index (χ4v) is 1.43. The molecule has 1 aromatic rings. The summed E-state index contributed by atoms with van der Waals surface area (Å²) in [4.78, 5) is 0. The molecule has 84 valence electrons. The summed E-state index contributed by atoms with van der Waals surface area (Å²) in [6.45, 7) is 1.84. The Morgan fingerprint density at radius 2 is 2.00 bits per heavy atom. The molecule has 2 nitrogen and oxygen atoms in total. The molecule has 0 aliphatic heterocycles. The molecule has 0 saturated heterocycles. The summed E-state index contributed by atoms with van der Waals surface area (Å²) in [6, 6.07) is 3.34. The van der Waals surface area contributed by atoms with Crippen molar-refractivity contribution < 1.29 is 18.6 Å². The van der Waals surface area contributed by atoms with Crippen molar-refractivity contribution in [1.82, 2.24) is 0 Å². The van der Waals surface area contributed by atoms with Crippen LogP contribution in [0.3, 0.4) is 0 Å². The molecule has 0 aromatic heterocycles. The highest BCUT2D eigenvalue weighted by Gasteiger charge is 2.19. The number of hydrogen-bond donors (Lipinski definition) is 1. The van der Waals surface area contributed by atoms with E-state index in [1.165, 1.54) is 13.2 Å². The standard InChI is InChI=1S/C11H14F2O2/c1-3-10(15-2)11(14)7-4-5-8(12)9(13)6-7/h4-6,10-11,14H,3H2,1-2H3. The SMILES string of the molecule is CCC(OC)C(O)c1ccc(F)c(F)c1. The van der Waals surface area contributed by atoms with Gasteiger partial charge in [-0.3, -0.25) is 0 Å². The lowest BCUT2D eigenvalue weighted by molar-refractivity contribution is -0.0150. The van der Waals surface area contributed by atoms with E-state index in [2.05, 4.69) is 0 Å². The number of rotatable bonds is 4. The van der Waals surface area contributed by atoms with Gasteiger partial charge in [0.25, 0.3) is 0 Å². The van der Waals surface area contributed by atoms with Crippen molar-refractivity contribution >= 4 is 0 Å². The molecule has 2 atom stereocenters. The molecular weight excluding hydrogens is 202 g/mol. The summed E-state index contributed by atoms with van der Waals surface area (Å²) in [5.41, 5.74) is 0.322. The van der Waals surface area contributed by atoms with Crippen LogP contribution in [0.2, 0.25) is 0 Å². The van der Waals surface area contributed by atoms with Gasteiger partial charge in [0.15, 0.2) is 11.6 Å². The van der Waals surface area contributed by atoms with E-state index in [-0.39, 0.29) is 0 Å². The van der Waals surface area contributed by atoms with Crippen molar-refractivity contribution in [3.8, 4) is 0 Å². The summed E-state index contributed by atoms with van der Waals surface area (Å²) >= 11 is 0. The maximum Gasteiger partial charge on any atom is 0.159 e. The zero-order chi connectivity index (χ0) is 11.4. The minimum absolute atomic E-state index is 0.322. The van der Waals surface area contributed by atoms with Crippen LogP contribution < -0.4 is 0 Å². The zero-order valence-corrected chi connectivity index (χ0v) is 8.71. The number of halogens is 2. The Hall–Kier alpha value is -1.00. The van der Waals surface area contributed by atoms with Gasteiger partial charge < -0.3 is 9.84 Å². The summed E-state index contributed by atoms with van der Waals surface area (Å²) in [5.74, 6) is -1.88. The molecule has 0 aliphatic carbocycles. The molecule has 0 radical (unpaired) electrons. The quantitative estimate of drug-likeness (QED) is 0.837. The average Bonchev–Trinajstić information content (AvgIpc) is 2.23. The van der Waals surface area contributed by atoms with E-state index < -0.39 is 23.8 Å². The van der Waals surface area contributed by atoms with Crippen LogP contribution >= 0.6 is 0 Å². The normalized spacial score (nSPS) is 15.0. The Labute approximate surface area is 87.5 Å². The fraction of sp³-hybridized carbons (Fsp3) is 0.455. The van der Waals surface area contributed by atoms with E-state index in [1.54, 1.807) is 0 Å². The second-order valence-electron chi connectivity index (χ2n) is 3.30. The van der Waals surface area contributed by atoms with Crippen LogP contribution in [0.5, 0.6) is 0 Å². The van der Waals surface area contributed by atoms with E-state index >= 15 is 0 Å². The highest BCUT2D eigenvalue weighted by atomic mass is 19.2. The Bertz CT molecular complexity index is 324. The Kier molecular flexibility index (Phi) is 4.17. The van der Waals surface area contributed by atoms with Crippen molar-refractivity contribution in [2.45, 2.75) is 25.6 Å². The highest BCUT2D eigenvalue weighted by molar-refractivity contribution is 5.20. The van der Waals surface area contributed by atoms with Gasteiger partial charge >= 0.3 is 0 Å². The maximum absolute atomic E-state index is 12.9. The molecule has 0 spiro atoms. The van der Waals surface area contributed by atoms with Crippen molar-refractivity contribution in [2.75, 3.05) is 7.11 Å². The summed E-state index contributed by atoms with van der Waals surface area (Å²) in [7, 11) is 1.47. The second-order valence-corrected chi connectivity index (χ2v) is 3.30. The van der Waals surface area contributed by atoms with Gasteiger partial charge in [-0.25, -0.2) is 8.78 Å². The summed E-state index contributed by atoms with van der Waals surface area (Å²) in [5, 5.41) is 9.78. The van der Waals surface area contributed by atoms with Crippen LogP contribution in [0, 0.1) is 11.6 Å². The minimum atomic E-state index is -0.961. The summed E-state index contributed by atoms with van der Waals surface area (Å²) in [6.07, 6.45) is -0.749. The molecule has 0 saturated carbocycles. The Morgan fingerprint density at radius 3 is 2.47 bits per heavy atom. The van der Waals surface area contributed by atoms with Crippen LogP contribution in [-0.4, -0.2) is 18.3 Å². The van der Waals surface area contributed by atoms with Crippen molar-refractivity contribution in [1.29, 1.82) is 0 Å². The molecule has 1 aromatic carbocycles. The predicted molar refractivity (Wildman–Crippen MR) is 52.4 cm³/mol. The van der Waals surface area contributed by atoms with Crippen molar-refractivity contribution in [3.63, 3.8) is 0 Å². The molecule has 15 heavy (non-hydrogen) atoms. The molecule has 4 heteroatoms. The molecule has 0 heterocycles. The molecule has 1 N–H and O–H groups in total. The molecule has 0 fully saturated rings. The second kappa shape index (κ2) is 5.19. The smallest absolute Gasteiger partial charge is 0.159 e. The van der Waals surface area contributed by atoms with Crippen molar-refractivity contribution in [2.24, 2.45) is 0 Å².